The molecule has 0 saturated heterocycles. The van der Waals surface area contributed by atoms with Gasteiger partial charge in [0, 0.05) is 5.69 Å². The zero-order valence-corrected chi connectivity index (χ0v) is 14.8. The summed E-state index contributed by atoms with van der Waals surface area (Å²) < 4.78 is 5.10. The number of aliphatic imine (C=N–C) groups is 1. The van der Waals surface area contributed by atoms with Gasteiger partial charge in [-0.25, -0.2) is 0 Å². The molecule has 128 valence electrons. The summed E-state index contributed by atoms with van der Waals surface area (Å²) in [6.45, 7) is 4.16. The summed E-state index contributed by atoms with van der Waals surface area (Å²) in [5, 5.41) is 13.7. The molecule has 0 saturated carbocycles. The molecule has 0 fully saturated rings. The van der Waals surface area contributed by atoms with E-state index in [1.165, 1.54) is 0 Å². The molecule has 1 unspecified atom stereocenters. The van der Waals surface area contributed by atoms with Crippen molar-refractivity contribution >= 4 is 23.2 Å². The Morgan fingerprint density at radius 2 is 1.92 bits per heavy atom. The van der Waals surface area contributed by atoms with Gasteiger partial charge in [0.25, 0.3) is 0 Å². The van der Waals surface area contributed by atoms with Gasteiger partial charge >= 0.3 is 0 Å². The number of hydrogen-bond acceptors (Lipinski definition) is 3. The third-order valence-corrected chi connectivity index (χ3v) is 3.78. The summed E-state index contributed by atoms with van der Waals surface area (Å²) in [6.07, 6.45) is -0.705. The Bertz CT molecular complexity index is 727. The third-order valence-electron chi connectivity index (χ3n) is 3.49. The molecule has 6 heteroatoms. The average molecular weight is 348 g/mol. The highest BCUT2D eigenvalue weighted by atomic mass is 35.5. The molecule has 2 rings (SSSR count). The minimum Gasteiger partial charge on any atom is -0.495 e. The van der Waals surface area contributed by atoms with Crippen LogP contribution in [0.15, 0.2) is 41.4 Å². The Morgan fingerprint density at radius 1 is 1.25 bits per heavy atom. The van der Waals surface area contributed by atoms with E-state index < -0.39 is 6.10 Å². The highest BCUT2D eigenvalue weighted by Crippen LogP contribution is 2.27. The quantitative estimate of drug-likeness (QED) is 0.572. The largest absolute Gasteiger partial charge is 0.495 e. The second-order valence-corrected chi connectivity index (χ2v) is 6.04. The van der Waals surface area contributed by atoms with Crippen LogP contribution >= 0.6 is 11.6 Å². The molecular weight excluding hydrogens is 326 g/mol. The van der Waals surface area contributed by atoms with E-state index in [-0.39, 0.29) is 12.5 Å². The molecule has 0 radical (unpaired) electrons. The first-order valence-corrected chi connectivity index (χ1v) is 7.93. The fourth-order valence-corrected chi connectivity index (χ4v) is 2.68. The van der Waals surface area contributed by atoms with Gasteiger partial charge in [-0.2, -0.15) is 0 Å². The van der Waals surface area contributed by atoms with Gasteiger partial charge in [-0.05, 0) is 37.6 Å². The minimum absolute atomic E-state index is 0.172. The predicted octanol–water partition coefficient (Wildman–Crippen LogP) is 3.43. The van der Waals surface area contributed by atoms with E-state index in [9.17, 15) is 5.11 Å². The number of hydrogen-bond donors (Lipinski definition) is 3. The molecule has 2 aromatic carbocycles. The average Bonchev–Trinajstić information content (AvgIpc) is 2.52. The summed E-state index contributed by atoms with van der Waals surface area (Å²) >= 11 is 6.06. The smallest absolute Gasteiger partial charge is 0.193 e. The lowest BCUT2D eigenvalue weighted by atomic mass is 10.0. The number of aryl methyl sites for hydroxylation is 2. The number of guanidine groups is 1. The number of methoxy groups -OCH3 is 1. The fraction of sp³-hybridized carbons (Fsp3) is 0.278. The van der Waals surface area contributed by atoms with Gasteiger partial charge in [-0.1, -0.05) is 40.9 Å². The number of nitrogens with zero attached hydrogens (tertiary/aromatic N) is 1. The second-order valence-electron chi connectivity index (χ2n) is 5.64. The SMILES string of the molecule is COc1ccc(NC(N)=NCC(O)c2cc(C)cc(C)c2)cc1Cl. The maximum Gasteiger partial charge on any atom is 0.193 e. The Morgan fingerprint density at radius 3 is 2.50 bits per heavy atom. The standard InChI is InChI=1S/C18H22ClN3O2/c1-11-6-12(2)8-13(7-11)16(23)10-21-18(20)22-14-4-5-17(24-3)15(19)9-14/h4-9,16,23H,10H2,1-3H3,(H3,20,21,22). The van der Waals surface area contributed by atoms with Crippen LogP contribution in [-0.4, -0.2) is 24.7 Å². The van der Waals surface area contributed by atoms with E-state index in [2.05, 4.69) is 16.4 Å². The molecule has 1 atom stereocenters. The van der Waals surface area contributed by atoms with E-state index in [0.717, 1.165) is 16.7 Å². The molecule has 0 amide bonds. The Kier molecular flexibility index (Phi) is 6.06. The van der Waals surface area contributed by atoms with Crippen molar-refractivity contribution in [2.45, 2.75) is 20.0 Å². The van der Waals surface area contributed by atoms with Crippen molar-refractivity contribution < 1.29 is 9.84 Å². The zero-order chi connectivity index (χ0) is 17.7. The van der Waals surface area contributed by atoms with E-state index in [0.29, 0.717) is 16.5 Å². The van der Waals surface area contributed by atoms with Crippen molar-refractivity contribution in [1.82, 2.24) is 0 Å². The molecule has 0 heterocycles. The molecule has 0 aromatic heterocycles. The summed E-state index contributed by atoms with van der Waals surface area (Å²) in [7, 11) is 1.55. The van der Waals surface area contributed by atoms with Crippen molar-refractivity contribution in [2.24, 2.45) is 10.7 Å². The lowest BCUT2D eigenvalue weighted by Crippen LogP contribution is -2.23. The highest BCUT2D eigenvalue weighted by Gasteiger charge is 2.08. The van der Waals surface area contributed by atoms with Crippen LogP contribution < -0.4 is 15.8 Å². The number of ether oxygens (including phenoxy) is 1. The van der Waals surface area contributed by atoms with Crippen LogP contribution in [0.3, 0.4) is 0 Å². The number of nitrogens with two attached hydrogens (primary N) is 1. The number of nitrogens with one attached hydrogen (secondary N) is 1. The van der Waals surface area contributed by atoms with Crippen molar-refractivity contribution in [3.05, 3.63) is 58.1 Å². The van der Waals surface area contributed by atoms with E-state index >= 15 is 0 Å². The van der Waals surface area contributed by atoms with Crippen LogP contribution in [0.25, 0.3) is 0 Å². The first-order valence-electron chi connectivity index (χ1n) is 7.56. The molecule has 4 N–H and O–H groups in total. The molecular formula is C18H22ClN3O2. The number of halogens is 1. The van der Waals surface area contributed by atoms with Gasteiger partial charge in [0.05, 0.1) is 24.8 Å². The lowest BCUT2D eigenvalue weighted by molar-refractivity contribution is 0.187. The Hall–Kier alpha value is -2.24. The van der Waals surface area contributed by atoms with Crippen LogP contribution in [0.4, 0.5) is 5.69 Å². The Balaban J connectivity index is 2.01. The van der Waals surface area contributed by atoms with Crippen LogP contribution in [0.5, 0.6) is 5.75 Å². The number of rotatable bonds is 5. The second kappa shape index (κ2) is 8.04. The molecule has 5 nitrogen and oxygen atoms in total. The van der Waals surface area contributed by atoms with E-state index in [1.54, 1.807) is 25.3 Å². The van der Waals surface area contributed by atoms with Gasteiger partial charge in [0.2, 0.25) is 0 Å². The van der Waals surface area contributed by atoms with Gasteiger partial charge < -0.3 is 20.9 Å². The van der Waals surface area contributed by atoms with Crippen molar-refractivity contribution in [3.8, 4) is 5.75 Å². The lowest BCUT2D eigenvalue weighted by Gasteiger charge is -2.12. The molecule has 24 heavy (non-hydrogen) atoms. The van der Waals surface area contributed by atoms with Gasteiger partial charge in [0.15, 0.2) is 5.96 Å². The van der Waals surface area contributed by atoms with Gasteiger partial charge in [-0.15, -0.1) is 0 Å². The minimum atomic E-state index is -0.705. The zero-order valence-electron chi connectivity index (χ0n) is 14.0. The molecule has 0 aliphatic carbocycles. The molecule has 0 spiro atoms. The van der Waals surface area contributed by atoms with Crippen molar-refractivity contribution in [2.75, 3.05) is 19.0 Å². The molecule has 0 bridgehead atoms. The third kappa shape index (κ3) is 4.88. The first-order chi connectivity index (χ1) is 11.4. The summed E-state index contributed by atoms with van der Waals surface area (Å²) in [4.78, 5) is 4.19. The highest BCUT2D eigenvalue weighted by molar-refractivity contribution is 6.32. The summed E-state index contributed by atoms with van der Waals surface area (Å²) in [6, 6.07) is 11.2. The van der Waals surface area contributed by atoms with Crippen molar-refractivity contribution in [1.29, 1.82) is 0 Å². The molecule has 2 aromatic rings. The summed E-state index contributed by atoms with van der Waals surface area (Å²) in [5.74, 6) is 0.794. The van der Waals surface area contributed by atoms with E-state index in [4.69, 9.17) is 22.1 Å². The van der Waals surface area contributed by atoms with Crippen LogP contribution in [-0.2, 0) is 0 Å². The fourth-order valence-electron chi connectivity index (χ4n) is 2.42. The number of anilines is 1. The molecule has 0 aliphatic rings. The van der Waals surface area contributed by atoms with Gasteiger partial charge in [0.1, 0.15) is 5.75 Å². The maximum atomic E-state index is 10.3. The number of aliphatic hydroxyl groups is 1. The Labute approximate surface area is 147 Å². The van der Waals surface area contributed by atoms with E-state index in [1.807, 2.05) is 26.0 Å². The normalized spacial score (nSPS) is 12.8. The number of benzene rings is 2. The van der Waals surface area contributed by atoms with Crippen LogP contribution in [0, 0.1) is 13.8 Å². The van der Waals surface area contributed by atoms with Crippen LogP contribution in [0.2, 0.25) is 5.02 Å². The monoisotopic (exact) mass is 347 g/mol. The number of aliphatic hydroxyl groups excluding tert-OH is 1. The van der Waals surface area contributed by atoms with Crippen LogP contribution in [0.1, 0.15) is 22.8 Å². The predicted molar refractivity (Wildman–Crippen MR) is 99.0 cm³/mol. The maximum absolute atomic E-state index is 10.3. The molecule has 0 aliphatic heterocycles. The van der Waals surface area contributed by atoms with Crippen molar-refractivity contribution in [3.63, 3.8) is 0 Å². The first kappa shape index (κ1) is 18.1. The van der Waals surface area contributed by atoms with Gasteiger partial charge in [-0.3, -0.25) is 4.99 Å². The topological polar surface area (TPSA) is 79.9 Å². The summed E-state index contributed by atoms with van der Waals surface area (Å²) in [5.41, 5.74) is 9.60.